The molecule has 0 aromatic carbocycles. The van der Waals surface area contributed by atoms with Gasteiger partial charge in [-0.3, -0.25) is 0 Å². The van der Waals surface area contributed by atoms with Gasteiger partial charge in [0.05, 0.1) is 5.75 Å². The van der Waals surface area contributed by atoms with Crippen LogP contribution in [0.15, 0.2) is 0 Å². The summed E-state index contributed by atoms with van der Waals surface area (Å²) in [5, 5.41) is 9.32. The SMILES string of the molecule is CCS(=O)(=O)NCCN1CCCC(C)(CO)C1. The minimum atomic E-state index is -3.08. The third-order valence-electron chi connectivity index (χ3n) is 3.37. The first kappa shape index (κ1) is 14.9. The van der Waals surface area contributed by atoms with Gasteiger partial charge in [0, 0.05) is 31.7 Å². The first-order valence-electron chi connectivity index (χ1n) is 6.21. The Balaban J connectivity index is 2.33. The molecule has 0 aromatic heterocycles. The summed E-state index contributed by atoms with van der Waals surface area (Å²) in [4.78, 5) is 2.22. The van der Waals surface area contributed by atoms with Crippen LogP contribution in [-0.4, -0.2) is 57.0 Å². The highest BCUT2D eigenvalue weighted by Crippen LogP contribution is 2.28. The maximum Gasteiger partial charge on any atom is 0.211 e. The van der Waals surface area contributed by atoms with Crippen LogP contribution in [0, 0.1) is 5.41 Å². The number of nitrogens with zero attached hydrogens (tertiary/aromatic N) is 1. The summed E-state index contributed by atoms with van der Waals surface area (Å²) in [5.41, 5.74) is -0.0259. The van der Waals surface area contributed by atoms with E-state index in [1.807, 2.05) is 0 Å². The fraction of sp³-hybridized carbons (Fsp3) is 1.00. The maximum atomic E-state index is 11.3. The zero-order valence-corrected chi connectivity index (χ0v) is 11.6. The minimum absolute atomic E-state index is 0.0259. The fourth-order valence-corrected chi connectivity index (χ4v) is 2.82. The molecule has 0 amide bonds. The second kappa shape index (κ2) is 6.13. The van der Waals surface area contributed by atoms with Gasteiger partial charge in [-0.15, -0.1) is 0 Å². The van der Waals surface area contributed by atoms with Gasteiger partial charge in [-0.25, -0.2) is 13.1 Å². The van der Waals surface area contributed by atoms with Crippen LogP contribution in [0.4, 0.5) is 0 Å². The van der Waals surface area contributed by atoms with E-state index < -0.39 is 10.0 Å². The number of nitrogens with one attached hydrogen (secondary N) is 1. The molecule has 102 valence electrons. The zero-order valence-electron chi connectivity index (χ0n) is 10.8. The molecule has 1 fully saturated rings. The van der Waals surface area contributed by atoms with Gasteiger partial charge in [0.25, 0.3) is 0 Å². The van der Waals surface area contributed by atoms with Crippen molar-refractivity contribution in [1.82, 2.24) is 9.62 Å². The van der Waals surface area contributed by atoms with Crippen LogP contribution in [0.1, 0.15) is 26.7 Å². The summed E-state index contributed by atoms with van der Waals surface area (Å²) in [6.07, 6.45) is 2.11. The first-order chi connectivity index (χ1) is 7.91. The number of likely N-dealkylation sites (tertiary alicyclic amines) is 1. The Bertz CT molecular complexity index is 332. The summed E-state index contributed by atoms with van der Waals surface area (Å²) in [5.74, 6) is 0.126. The van der Waals surface area contributed by atoms with E-state index in [4.69, 9.17) is 0 Å². The van der Waals surface area contributed by atoms with Gasteiger partial charge in [-0.1, -0.05) is 6.92 Å². The predicted octanol–water partition coefficient (Wildman–Crippen LogP) is 0.0201. The van der Waals surface area contributed by atoms with Crippen LogP contribution in [-0.2, 0) is 10.0 Å². The van der Waals surface area contributed by atoms with Gasteiger partial charge >= 0.3 is 0 Å². The Kier molecular flexibility index (Phi) is 5.37. The third-order valence-corrected chi connectivity index (χ3v) is 4.78. The van der Waals surface area contributed by atoms with E-state index in [9.17, 15) is 13.5 Å². The van der Waals surface area contributed by atoms with E-state index in [0.717, 1.165) is 32.5 Å². The Hall–Kier alpha value is -0.170. The Morgan fingerprint density at radius 1 is 1.47 bits per heavy atom. The van der Waals surface area contributed by atoms with E-state index >= 15 is 0 Å². The second-order valence-corrected chi connectivity index (χ2v) is 7.24. The van der Waals surface area contributed by atoms with Crippen molar-refractivity contribution in [1.29, 1.82) is 0 Å². The van der Waals surface area contributed by atoms with Crippen molar-refractivity contribution in [2.24, 2.45) is 5.41 Å². The van der Waals surface area contributed by atoms with Crippen LogP contribution < -0.4 is 4.72 Å². The van der Waals surface area contributed by atoms with Crippen molar-refractivity contribution in [3.8, 4) is 0 Å². The lowest BCUT2D eigenvalue weighted by atomic mass is 9.83. The van der Waals surface area contributed by atoms with Crippen LogP contribution in [0.2, 0.25) is 0 Å². The molecule has 0 saturated carbocycles. The molecule has 1 aliphatic heterocycles. The van der Waals surface area contributed by atoms with Gasteiger partial charge in [0.1, 0.15) is 0 Å². The third kappa shape index (κ3) is 4.91. The van der Waals surface area contributed by atoms with Crippen molar-refractivity contribution in [2.45, 2.75) is 26.7 Å². The smallest absolute Gasteiger partial charge is 0.211 e. The van der Waals surface area contributed by atoms with Gasteiger partial charge in [0.2, 0.25) is 10.0 Å². The van der Waals surface area contributed by atoms with Gasteiger partial charge < -0.3 is 10.0 Å². The van der Waals surface area contributed by atoms with E-state index in [2.05, 4.69) is 16.5 Å². The molecule has 1 atom stereocenters. The molecule has 0 bridgehead atoms. The number of sulfonamides is 1. The summed E-state index contributed by atoms with van der Waals surface area (Å²) < 4.78 is 25.1. The molecule has 1 heterocycles. The molecule has 1 saturated heterocycles. The molecule has 17 heavy (non-hydrogen) atoms. The molecule has 0 aliphatic carbocycles. The molecule has 1 aliphatic rings. The Labute approximate surface area is 104 Å². The quantitative estimate of drug-likeness (QED) is 0.709. The van der Waals surface area contributed by atoms with E-state index in [1.54, 1.807) is 6.92 Å². The first-order valence-corrected chi connectivity index (χ1v) is 7.86. The summed E-state index contributed by atoms with van der Waals surface area (Å²) in [6.45, 7) is 6.92. The molecular formula is C11H24N2O3S. The Morgan fingerprint density at radius 3 is 2.76 bits per heavy atom. The number of hydrogen-bond acceptors (Lipinski definition) is 4. The average molecular weight is 264 g/mol. The van der Waals surface area contributed by atoms with E-state index in [1.165, 1.54) is 0 Å². The molecule has 5 nitrogen and oxygen atoms in total. The highest BCUT2D eigenvalue weighted by Gasteiger charge is 2.29. The van der Waals surface area contributed by atoms with Crippen LogP contribution in [0.3, 0.4) is 0 Å². The molecule has 1 unspecified atom stereocenters. The molecule has 0 spiro atoms. The highest BCUT2D eigenvalue weighted by atomic mass is 32.2. The van der Waals surface area contributed by atoms with E-state index in [0.29, 0.717) is 6.54 Å². The van der Waals surface area contributed by atoms with Crippen molar-refractivity contribution in [3.63, 3.8) is 0 Å². The summed E-state index contributed by atoms with van der Waals surface area (Å²) in [6, 6.07) is 0. The topological polar surface area (TPSA) is 69.6 Å². The van der Waals surface area contributed by atoms with Crippen LogP contribution >= 0.6 is 0 Å². The van der Waals surface area contributed by atoms with Crippen LogP contribution in [0.5, 0.6) is 0 Å². The van der Waals surface area contributed by atoms with Crippen molar-refractivity contribution in [3.05, 3.63) is 0 Å². The molecule has 1 rings (SSSR count). The highest BCUT2D eigenvalue weighted by molar-refractivity contribution is 7.89. The van der Waals surface area contributed by atoms with E-state index in [-0.39, 0.29) is 17.8 Å². The fourth-order valence-electron chi connectivity index (χ4n) is 2.21. The molecule has 6 heteroatoms. The lowest BCUT2D eigenvalue weighted by molar-refractivity contribution is 0.0478. The summed E-state index contributed by atoms with van der Waals surface area (Å²) >= 11 is 0. The monoisotopic (exact) mass is 264 g/mol. The number of rotatable bonds is 6. The second-order valence-electron chi connectivity index (χ2n) is 5.15. The maximum absolute atomic E-state index is 11.3. The standard InChI is InChI=1S/C11H24N2O3S/c1-3-17(15,16)12-6-8-13-7-4-5-11(2,9-13)10-14/h12,14H,3-10H2,1-2H3. The number of piperidine rings is 1. The molecular weight excluding hydrogens is 240 g/mol. The molecule has 0 radical (unpaired) electrons. The Morgan fingerprint density at radius 2 is 2.18 bits per heavy atom. The van der Waals surface area contributed by atoms with Crippen LogP contribution in [0.25, 0.3) is 0 Å². The molecule has 0 aromatic rings. The van der Waals surface area contributed by atoms with Crippen molar-refractivity contribution in [2.75, 3.05) is 38.5 Å². The number of aliphatic hydroxyl groups is 1. The van der Waals surface area contributed by atoms with Gasteiger partial charge in [-0.2, -0.15) is 0 Å². The lowest BCUT2D eigenvalue weighted by Crippen LogP contribution is -2.46. The zero-order chi connectivity index (χ0) is 12.9. The predicted molar refractivity (Wildman–Crippen MR) is 68.3 cm³/mol. The summed E-state index contributed by atoms with van der Waals surface area (Å²) in [7, 11) is -3.08. The van der Waals surface area contributed by atoms with Crippen molar-refractivity contribution < 1.29 is 13.5 Å². The largest absolute Gasteiger partial charge is 0.396 e. The number of hydrogen-bond donors (Lipinski definition) is 2. The average Bonchev–Trinajstić information content (AvgIpc) is 2.29. The normalized spacial score (nSPS) is 27.2. The van der Waals surface area contributed by atoms with Gasteiger partial charge in [0.15, 0.2) is 0 Å². The van der Waals surface area contributed by atoms with Crippen molar-refractivity contribution >= 4 is 10.0 Å². The number of aliphatic hydroxyl groups excluding tert-OH is 1. The molecule has 2 N–H and O–H groups in total. The minimum Gasteiger partial charge on any atom is -0.396 e. The lowest BCUT2D eigenvalue weighted by Gasteiger charge is -2.39. The van der Waals surface area contributed by atoms with Gasteiger partial charge in [-0.05, 0) is 26.3 Å².